The Labute approximate surface area is 88.1 Å². The van der Waals surface area contributed by atoms with E-state index >= 15 is 0 Å². The van der Waals surface area contributed by atoms with Gasteiger partial charge in [0.15, 0.2) is 0 Å². The van der Waals surface area contributed by atoms with Crippen LogP contribution in [0.25, 0.3) is 0 Å². The molecule has 0 saturated heterocycles. The highest BCUT2D eigenvalue weighted by molar-refractivity contribution is 6.18. The summed E-state index contributed by atoms with van der Waals surface area (Å²) in [6, 6.07) is 0. The molecule has 1 rings (SSSR count). The third-order valence-corrected chi connectivity index (χ3v) is 4.07. The maximum Gasteiger partial charge on any atom is 0.0249 e. The molecule has 0 spiro atoms. The van der Waals surface area contributed by atoms with Crippen LogP contribution in [0.15, 0.2) is 0 Å². The first kappa shape index (κ1) is 11.4. The summed E-state index contributed by atoms with van der Waals surface area (Å²) < 4.78 is 0. The summed E-state index contributed by atoms with van der Waals surface area (Å²) in [5.41, 5.74) is 0. The minimum atomic E-state index is 0.727. The molecule has 0 nitrogen and oxygen atoms in total. The summed E-state index contributed by atoms with van der Waals surface area (Å²) in [5.74, 6) is 3.58. The summed E-state index contributed by atoms with van der Waals surface area (Å²) in [4.78, 5) is 0. The van der Waals surface area contributed by atoms with Crippen molar-refractivity contribution in [2.75, 3.05) is 5.88 Å². The molecule has 0 aromatic rings. The number of hydrogen-bond acceptors (Lipinski definition) is 0. The second kappa shape index (κ2) is 5.90. The fraction of sp³-hybridized carbons (Fsp3) is 1.00. The van der Waals surface area contributed by atoms with E-state index in [9.17, 15) is 0 Å². The molecule has 1 unspecified atom stereocenters. The molecular weight excluding hydrogens is 180 g/mol. The van der Waals surface area contributed by atoms with E-state index in [1.807, 2.05) is 0 Å². The molecule has 78 valence electrons. The smallest absolute Gasteiger partial charge is 0.0249 e. The molecule has 0 aromatic heterocycles. The first-order valence-electron chi connectivity index (χ1n) is 5.82. The number of hydrogen-bond donors (Lipinski definition) is 0. The molecule has 0 aromatic carbocycles. The molecule has 1 saturated carbocycles. The van der Waals surface area contributed by atoms with Gasteiger partial charge in [-0.05, 0) is 24.2 Å². The Kier molecular flexibility index (Phi) is 5.16. The predicted octanol–water partition coefficient (Wildman–Crippen LogP) is 4.47. The largest absolute Gasteiger partial charge is 0.126 e. The zero-order chi connectivity index (χ0) is 9.68. The first-order valence-corrected chi connectivity index (χ1v) is 6.35. The Morgan fingerprint density at radius 1 is 1.15 bits per heavy atom. The van der Waals surface area contributed by atoms with E-state index in [2.05, 4.69) is 13.8 Å². The molecule has 0 bridgehead atoms. The second-order valence-electron chi connectivity index (χ2n) is 4.79. The van der Waals surface area contributed by atoms with Gasteiger partial charge in [0.1, 0.15) is 0 Å². The zero-order valence-corrected chi connectivity index (χ0v) is 9.82. The minimum absolute atomic E-state index is 0.727. The first-order chi connectivity index (χ1) is 6.26. The monoisotopic (exact) mass is 202 g/mol. The van der Waals surface area contributed by atoms with Gasteiger partial charge in [-0.2, -0.15) is 0 Å². The fourth-order valence-corrected chi connectivity index (χ4v) is 2.63. The van der Waals surface area contributed by atoms with Crippen LogP contribution >= 0.6 is 11.6 Å². The van der Waals surface area contributed by atoms with Crippen LogP contribution < -0.4 is 0 Å². The van der Waals surface area contributed by atoms with Crippen molar-refractivity contribution < 1.29 is 0 Å². The van der Waals surface area contributed by atoms with Crippen molar-refractivity contribution in [2.24, 2.45) is 17.8 Å². The molecule has 0 heterocycles. The SMILES string of the molecule is CCC1CCC(CC(C)CCl)CC1. The van der Waals surface area contributed by atoms with E-state index in [-0.39, 0.29) is 0 Å². The molecule has 0 N–H and O–H groups in total. The minimum Gasteiger partial charge on any atom is -0.126 e. The molecule has 1 aliphatic carbocycles. The summed E-state index contributed by atoms with van der Waals surface area (Å²) >= 11 is 5.83. The lowest BCUT2D eigenvalue weighted by molar-refractivity contribution is 0.241. The summed E-state index contributed by atoms with van der Waals surface area (Å²) in [6.07, 6.45) is 8.60. The molecule has 0 amide bonds. The van der Waals surface area contributed by atoms with E-state index in [0.29, 0.717) is 0 Å². The van der Waals surface area contributed by atoms with Crippen LogP contribution in [0.5, 0.6) is 0 Å². The summed E-state index contributed by atoms with van der Waals surface area (Å²) in [5, 5.41) is 0. The standard InChI is InChI=1S/C12H23Cl/c1-3-11-4-6-12(7-5-11)8-10(2)9-13/h10-12H,3-9H2,1-2H3. The lowest BCUT2D eigenvalue weighted by Crippen LogP contribution is -2.16. The fourth-order valence-electron chi connectivity index (χ4n) is 2.51. The van der Waals surface area contributed by atoms with Gasteiger partial charge in [0.05, 0.1) is 0 Å². The Balaban J connectivity index is 2.17. The maximum atomic E-state index is 5.83. The van der Waals surface area contributed by atoms with Gasteiger partial charge in [-0.3, -0.25) is 0 Å². The van der Waals surface area contributed by atoms with Crippen molar-refractivity contribution in [2.45, 2.75) is 52.4 Å². The highest BCUT2D eigenvalue weighted by Crippen LogP contribution is 2.34. The van der Waals surface area contributed by atoms with E-state index in [1.165, 1.54) is 38.5 Å². The number of alkyl halides is 1. The molecule has 0 aliphatic heterocycles. The van der Waals surface area contributed by atoms with Gasteiger partial charge in [0, 0.05) is 5.88 Å². The van der Waals surface area contributed by atoms with Gasteiger partial charge >= 0.3 is 0 Å². The van der Waals surface area contributed by atoms with Crippen LogP contribution in [0.4, 0.5) is 0 Å². The Morgan fingerprint density at radius 2 is 1.69 bits per heavy atom. The highest BCUT2D eigenvalue weighted by atomic mass is 35.5. The van der Waals surface area contributed by atoms with Gasteiger partial charge in [-0.1, -0.05) is 46.0 Å². The molecule has 1 atom stereocenters. The molecule has 0 radical (unpaired) electrons. The molecule has 1 heteroatoms. The predicted molar refractivity (Wildman–Crippen MR) is 60.2 cm³/mol. The van der Waals surface area contributed by atoms with Crippen molar-refractivity contribution >= 4 is 11.6 Å². The second-order valence-corrected chi connectivity index (χ2v) is 5.10. The third kappa shape index (κ3) is 3.89. The zero-order valence-electron chi connectivity index (χ0n) is 9.06. The Bertz CT molecular complexity index is 125. The molecule has 13 heavy (non-hydrogen) atoms. The van der Waals surface area contributed by atoms with Crippen LogP contribution in [0.3, 0.4) is 0 Å². The van der Waals surface area contributed by atoms with Gasteiger partial charge in [0.25, 0.3) is 0 Å². The van der Waals surface area contributed by atoms with Gasteiger partial charge in [-0.15, -0.1) is 11.6 Å². The van der Waals surface area contributed by atoms with Crippen molar-refractivity contribution in [3.63, 3.8) is 0 Å². The van der Waals surface area contributed by atoms with Crippen LogP contribution in [-0.2, 0) is 0 Å². The van der Waals surface area contributed by atoms with Crippen molar-refractivity contribution in [1.29, 1.82) is 0 Å². The average Bonchev–Trinajstić information content (AvgIpc) is 2.19. The van der Waals surface area contributed by atoms with Gasteiger partial charge in [0.2, 0.25) is 0 Å². The lowest BCUT2D eigenvalue weighted by atomic mass is 9.78. The third-order valence-electron chi connectivity index (χ3n) is 3.54. The van der Waals surface area contributed by atoms with Crippen LogP contribution in [0, 0.1) is 17.8 Å². The summed E-state index contributed by atoms with van der Waals surface area (Å²) in [6.45, 7) is 4.60. The van der Waals surface area contributed by atoms with Crippen LogP contribution in [0.1, 0.15) is 52.4 Å². The summed E-state index contributed by atoms with van der Waals surface area (Å²) in [7, 11) is 0. The molecule has 1 aliphatic rings. The van der Waals surface area contributed by atoms with E-state index < -0.39 is 0 Å². The average molecular weight is 203 g/mol. The van der Waals surface area contributed by atoms with E-state index in [1.54, 1.807) is 0 Å². The van der Waals surface area contributed by atoms with E-state index in [4.69, 9.17) is 11.6 Å². The maximum absolute atomic E-state index is 5.83. The molecular formula is C12H23Cl. The van der Waals surface area contributed by atoms with Crippen molar-refractivity contribution in [3.8, 4) is 0 Å². The Hall–Kier alpha value is 0.290. The topological polar surface area (TPSA) is 0 Å². The molecule has 1 fully saturated rings. The normalized spacial score (nSPS) is 31.6. The lowest BCUT2D eigenvalue weighted by Gasteiger charge is -2.29. The highest BCUT2D eigenvalue weighted by Gasteiger charge is 2.20. The number of halogens is 1. The van der Waals surface area contributed by atoms with Crippen molar-refractivity contribution in [1.82, 2.24) is 0 Å². The van der Waals surface area contributed by atoms with Gasteiger partial charge in [-0.25, -0.2) is 0 Å². The van der Waals surface area contributed by atoms with Crippen LogP contribution in [-0.4, -0.2) is 5.88 Å². The van der Waals surface area contributed by atoms with Gasteiger partial charge < -0.3 is 0 Å². The van der Waals surface area contributed by atoms with E-state index in [0.717, 1.165) is 23.6 Å². The quantitative estimate of drug-likeness (QED) is 0.591. The Morgan fingerprint density at radius 3 is 2.15 bits per heavy atom. The number of rotatable bonds is 4. The van der Waals surface area contributed by atoms with Crippen LogP contribution in [0.2, 0.25) is 0 Å². The van der Waals surface area contributed by atoms with Crippen molar-refractivity contribution in [3.05, 3.63) is 0 Å².